The molecule has 2 amide bonds. The lowest BCUT2D eigenvalue weighted by molar-refractivity contribution is -0.122. The molecular formula is C19H21N3O3. The number of para-hydroxylation sites is 1. The second-order valence-electron chi connectivity index (χ2n) is 5.86. The first-order chi connectivity index (χ1) is 12.1. The average Bonchev–Trinajstić information content (AvgIpc) is 2.61. The summed E-state index contributed by atoms with van der Waals surface area (Å²) in [7, 11) is 0. The van der Waals surface area contributed by atoms with Crippen LogP contribution < -0.4 is 20.7 Å². The number of benzene rings is 2. The zero-order valence-corrected chi connectivity index (χ0v) is 14.3. The highest BCUT2D eigenvalue weighted by Gasteiger charge is 2.25. The van der Waals surface area contributed by atoms with E-state index in [0.29, 0.717) is 17.9 Å². The molecule has 2 aromatic carbocycles. The highest BCUT2D eigenvalue weighted by molar-refractivity contribution is 6.02. The molecule has 6 heteroatoms. The van der Waals surface area contributed by atoms with Gasteiger partial charge in [0.15, 0.2) is 6.61 Å². The van der Waals surface area contributed by atoms with Gasteiger partial charge in [0.25, 0.3) is 11.8 Å². The molecule has 6 nitrogen and oxygen atoms in total. The van der Waals surface area contributed by atoms with E-state index in [4.69, 9.17) is 4.74 Å². The number of hydrogen-bond donors (Lipinski definition) is 3. The number of nitrogens with one attached hydrogen (secondary N) is 3. The van der Waals surface area contributed by atoms with Gasteiger partial charge in [0, 0.05) is 6.54 Å². The number of ether oxygens (including phenoxy) is 1. The van der Waals surface area contributed by atoms with Gasteiger partial charge in [-0.05, 0) is 43.2 Å². The lowest BCUT2D eigenvalue weighted by Gasteiger charge is -2.29. The van der Waals surface area contributed by atoms with Crippen LogP contribution in [0.25, 0.3) is 0 Å². The minimum Gasteiger partial charge on any atom is -0.484 e. The molecule has 0 spiro atoms. The van der Waals surface area contributed by atoms with Crippen molar-refractivity contribution in [1.82, 2.24) is 10.6 Å². The largest absolute Gasteiger partial charge is 0.484 e. The van der Waals surface area contributed by atoms with Gasteiger partial charge >= 0.3 is 0 Å². The Morgan fingerprint density at radius 3 is 2.64 bits per heavy atom. The van der Waals surface area contributed by atoms with Crippen molar-refractivity contribution in [2.24, 2.45) is 0 Å². The van der Waals surface area contributed by atoms with Gasteiger partial charge in [-0.2, -0.15) is 0 Å². The summed E-state index contributed by atoms with van der Waals surface area (Å²) in [6.07, 6.45) is -0.307. The predicted molar refractivity (Wildman–Crippen MR) is 95.6 cm³/mol. The molecule has 0 saturated carbocycles. The van der Waals surface area contributed by atoms with Crippen molar-refractivity contribution in [3.63, 3.8) is 0 Å². The predicted octanol–water partition coefficient (Wildman–Crippen LogP) is 2.36. The molecule has 3 N–H and O–H groups in total. The Morgan fingerprint density at radius 1 is 1.16 bits per heavy atom. The number of hydrogen-bond acceptors (Lipinski definition) is 4. The molecular weight excluding hydrogens is 318 g/mol. The summed E-state index contributed by atoms with van der Waals surface area (Å²) in [6, 6.07) is 13.0. The molecule has 0 aromatic heterocycles. The van der Waals surface area contributed by atoms with Crippen molar-refractivity contribution in [2.75, 3.05) is 18.5 Å². The van der Waals surface area contributed by atoms with Gasteiger partial charge in [-0.1, -0.05) is 24.3 Å². The second-order valence-corrected chi connectivity index (χ2v) is 5.86. The molecule has 0 unspecified atom stereocenters. The summed E-state index contributed by atoms with van der Waals surface area (Å²) < 4.78 is 5.44. The molecule has 130 valence electrons. The van der Waals surface area contributed by atoms with Crippen molar-refractivity contribution in [3.05, 3.63) is 59.2 Å². The molecule has 1 atom stereocenters. The Balaban J connectivity index is 1.70. The maximum absolute atomic E-state index is 12.3. The number of rotatable bonds is 5. The van der Waals surface area contributed by atoms with E-state index in [-0.39, 0.29) is 24.6 Å². The van der Waals surface area contributed by atoms with Crippen LogP contribution in [0.4, 0.5) is 5.69 Å². The zero-order valence-electron chi connectivity index (χ0n) is 14.3. The summed E-state index contributed by atoms with van der Waals surface area (Å²) >= 11 is 0. The number of carbonyl (C=O) groups excluding carboxylic acids is 2. The van der Waals surface area contributed by atoms with Crippen LogP contribution in [0.3, 0.4) is 0 Å². The SMILES string of the molecule is CCNC(=O)COc1ccc([C@@H]2NC(=O)c3cccc(C)c3N2)cc1. The third kappa shape index (κ3) is 3.74. The van der Waals surface area contributed by atoms with Crippen molar-refractivity contribution < 1.29 is 14.3 Å². The lowest BCUT2D eigenvalue weighted by Crippen LogP contribution is -2.38. The normalized spacial score (nSPS) is 15.6. The van der Waals surface area contributed by atoms with Gasteiger partial charge in [0.2, 0.25) is 0 Å². The topological polar surface area (TPSA) is 79.5 Å². The Bertz CT molecular complexity index is 787. The van der Waals surface area contributed by atoms with E-state index in [1.165, 1.54) is 0 Å². The van der Waals surface area contributed by atoms with E-state index in [0.717, 1.165) is 16.8 Å². The maximum atomic E-state index is 12.3. The van der Waals surface area contributed by atoms with E-state index < -0.39 is 0 Å². The molecule has 2 aromatic rings. The van der Waals surface area contributed by atoms with Crippen LogP contribution in [0.1, 0.15) is 34.6 Å². The first-order valence-corrected chi connectivity index (χ1v) is 8.25. The van der Waals surface area contributed by atoms with E-state index >= 15 is 0 Å². The second kappa shape index (κ2) is 7.25. The lowest BCUT2D eigenvalue weighted by atomic mass is 10.0. The molecule has 1 aliphatic rings. The summed E-state index contributed by atoms with van der Waals surface area (Å²) in [5.41, 5.74) is 3.44. The van der Waals surface area contributed by atoms with Crippen molar-refractivity contribution in [1.29, 1.82) is 0 Å². The standard InChI is InChI=1S/C19H21N3O3/c1-3-20-16(23)11-25-14-9-7-13(8-10-14)18-21-17-12(2)5-4-6-15(17)19(24)22-18/h4-10,18,21H,3,11H2,1-2H3,(H,20,23)(H,22,24)/t18-/m0/s1. The fourth-order valence-corrected chi connectivity index (χ4v) is 2.76. The van der Waals surface area contributed by atoms with Gasteiger partial charge in [0.05, 0.1) is 11.3 Å². The summed E-state index contributed by atoms with van der Waals surface area (Å²) in [6.45, 7) is 4.39. The molecule has 1 aliphatic heterocycles. The van der Waals surface area contributed by atoms with Crippen molar-refractivity contribution in [2.45, 2.75) is 20.0 Å². The highest BCUT2D eigenvalue weighted by atomic mass is 16.5. The van der Waals surface area contributed by atoms with Gasteiger partial charge in [-0.15, -0.1) is 0 Å². The van der Waals surface area contributed by atoms with Gasteiger partial charge in [0.1, 0.15) is 11.9 Å². The van der Waals surface area contributed by atoms with Crippen LogP contribution in [0.15, 0.2) is 42.5 Å². The van der Waals surface area contributed by atoms with E-state index in [9.17, 15) is 9.59 Å². The minimum absolute atomic E-state index is 0.0157. The number of fused-ring (bicyclic) bond motifs is 1. The Labute approximate surface area is 146 Å². The number of anilines is 1. The van der Waals surface area contributed by atoms with Crippen LogP contribution in [0.5, 0.6) is 5.75 Å². The van der Waals surface area contributed by atoms with E-state index in [1.807, 2.05) is 38.1 Å². The number of carbonyl (C=O) groups is 2. The van der Waals surface area contributed by atoms with Crippen LogP contribution in [-0.4, -0.2) is 25.0 Å². The van der Waals surface area contributed by atoms with Gasteiger partial charge < -0.3 is 20.7 Å². The third-order valence-corrected chi connectivity index (χ3v) is 4.04. The van der Waals surface area contributed by atoms with Crippen molar-refractivity contribution in [3.8, 4) is 5.75 Å². The Morgan fingerprint density at radius 2 is 1.92 bits per heavy atom. The van der Waals surface area contributed by atoms with Crippen LogP contribution in [-0.2, 0) is 4.79 Å². The summed E-state index contributed by atoms with van der Waals surface area (Å²) in [5, 5.41) is 8.99. The minimum atomic E-state index is -0.307. The first-order valence-electron chi connectivity index (χ1n) is 8.25. The van der Waals surface area contributed by atoms with E-state index in [1.54, 1.807) is 18.2 Å². The molecule has 0 aliphatic carbocycles. The zero-order chi connectivity index (χ0) is 17.8. The first kappa shape index (κ1) is 16.8. The van der Waals surface area contributed by atoms with Gasteiger partial charge in [-0.3, -0.25) is 9.59 Å². The van der Waals surface area contributed by atoms with Crippen molar-refractivity contribution >= 4 is 17.5 Å². The quantitative estimate of drug-likeness (QED) is 0.781. The molecule has 25 heavy (non-hydrogen) atoms. The summed E-state index contributed by atoms with van der Waals surface area (Å²) in [4.78, 5) is 23.7. The number of aryl methyl sites for hydroxylation is 1. The molecule has 0 saturated heterocycles. The molecule has 3 rings (SSSR count). The third-order valence-electron chi connectivity index (χ3n) is 4.04. The molecule has 0 bridgehead atoms. The van der Waals surface area contributed by atoms with E-state index in [2.05, 4.69) is 16.0 Å². The fraction of sp³-hybridized carbons (Fsp3) is 0.263. The van der Waals surface area contributed by atoms with Crippen LogP contribution in [0, 0.1) is 6.92 Å². The Kier molecular flexibility index (Phi) is 4.88. The average molecular weight is 339 g/mol. The number of amides is 2. The molecule has 1 heterocycles. The van der Waals surface area contributed by atoms with Crippen LogP contribution >= 0.6 is 0 Å². The van der Waals surface area contributed by atoms with Gasteiger partial charge in [-0.25, -0.2) is 0 Å². The fourth-order valence-electron chi connectivity index (χ4n) is 2.76. The maximum Gasteiger partial charge on any atom is 0.257 e. The Hall–Kier alpha value is -3.02. The van der Waals surface area contributed by atoms with Crippen LogP contribution in [0.2, 0.25) is 0 Å². The number of likely N-dealkylation sites (N-methyl/N-ethyl adjacent to an activating group) is 1. The molecule has 0 fully saturated rings. The monoisotopic (exact) mass is 339 g/mol. The smallest absolute Gasteiger partial charge is 0.257 e. The molecule has 0 radical (unpaired) electrons. The summed E-state index contributed by atoms with van der Waals surface area (Å²) in [5.74, 6) is 0.354. The highest BCUT2D eigenvalue weighted by Crippen LogP contribution is 2.29.